The molecule has 1 aliphatic carbocycles. The first kappa shape index (κ1) is 25.7. The van der Waals surface area contributed by atoms with E-state index in [2.05, 4.69) is 67.4 Å². The van der Waals surface area contributed by atoms with E-state index in [9.17, 15) is 5.11 Å². The topological polar surface area (TPSA) is 32.3 Å². The van der Waals surface area contributed by atoms with Crippen molar-refractivity contribution in [3.63, 3.8) is 0 Å². The van der Waals surface area contributed by atoms with Crippen molar-refractivity contribution in [1.82, 2.24) is 5.32 Å². The lowest BCUT2D eigenvalue weighted by Gasteiger charge is -2.29. The van der Waals surface area contributed by atoms with Gasteiger partial charge in [0, 0.05) is 0 Å². The van der Waals surface area contributed by atoms with Crippen LogP contribution in [0.5, 0.6) is 0 Å². The normalized spacial score (nSPS) is 19.3. The summed E-state index contributed by atoms with van der Waals surface area (Å²) in [5.41, 5.74) is 5.77. The van der Waals surface area contributed by atoms with Gasteiger partial charge in [0.05, 0.1) is 0 Å². The zero-order chi connectivity index (χ0) is 23.3. The van der Waals surface area contributed by atoms with E-state index in [1.54, 1.807) is 5.56 Å². The Morgan fingerprint density at radius 2 is 1.42 bits per heavy atom. The van der Waals surface area contributed by atoms with Gasteiger partial charge in [-0.05, 0) is 98.1 Å². The number of hydrogen-bond acceptors (Lipinski definition) is 2. The van der Waals surface area contributed by atoms with Crippen LogP contribution in [0.3, 0.4) is 0 Å². The number of aliphatic hydroxyl groups excluding tert-OH is 1. The van der Waals surface area contributed by atoms with Gasteiger partial charge < -0.3 is 5.11 Å². The van der Waals surface area contributed by atoms with Crippen molar-refractivity contribution >= 4 is 0 Å². The van der Waals surface area contributed by atoms with Crippen molar-refractivity contribution in [2.45, 2.75) is 96.1 Å². The lowest BCUT2D eigenvalue weighted by Crippen LogP contribution is -2.27. The molecule has 0 heterocycles. The number of hydrogen-bond donors (Lipinski definition) is 2. The first-order valence-electron chi connectivity index (χ1n) is 13.4. The van der Waals surface area contributed by atoms with Gasteiger partial charge in [0.2, 0.25) is 0 Å². The highest BCUT2D eigenvalue weighted by Crippen LogP contribution is 2.37. The van der Waals surface area contributed by atoms with Crippen LogP contribution in [-0.2, 0) is 19.3 Å². The molecule has 0 aliphatic heterocycles. The number of aliphatic hydroxyl groups is 1. The fraction of sp³-hybridized carbons (Fsp3) is 0.548. The van der Waals surface area contributed by atoms with Crippen LogP contribution in [0.2, 0.25) is 0 Å². The Morgan fingerprint density at radius 3 is 2.00 bits per heavy atom. The van der Waals surface area contributed by atoms with Gasteiger partial charge in [0.25, 0.3) is 0 Å². The summed E-state index contributed by atoms with van der Waals surface area (Å²) in [6.07, 6.45) is 16.4. The third-order valence-corrected chi connectivity index (χ3v) is 7.46. The predicted octanol–water partition coefficient (Wildman–Crippen LogP) is 7.35. The molecule has 180 valence electrons. The molecule has 2 heteroatoms. The van der Waals surface area contributed by atoms with Crippen molar-refractivity contribution in [3.05, 3.63) is 83.4 Å². The maximum atomic E-state index is 9.44. The molecule has 2 aromatic rings. The van der Waals surface area contributed by atoms with Crippen molar-refractivity contribution in [1.29, 1.82) is 0 Å². The van der Waals surface area contributed by atoms with Crippen molar-refractivity contribution in [3.8, 4) is 0 Å². The Bertz CT molecular complexity index is 787. The Morgan fingerprint density at radius 1 is 0.848 bits per heavy atom. The quantitative estimate of drug-likeness (QED) is 0.180. The van der Waals surface area contributed by atoms with Crippen LogP contribution >= 0.6 is 0 Å². The maximum Gasteiger partial charge on any atom is 0.123 e. The standard InChI is InChI=1S/C31H45NO/c1-3-5-6-8-25-16-20-29(21-17-25)30-22-18-28(19-23-30)15-14-27-12-10-26(11-13-27)9-7-24-32-31(33)4-2/h4,10-13,18-19,22-23,25,29,31-33H,2-3,5-9,14-17,20-21,24H2,1H3. The molecule has 3 rings (SSSR count). The van der Waals surface area contributed by atoms with Gasteiger partial charge in [-0.25, -0.2) is 0 Å². The molecule has 2 nitrogen and oxygen atoms in total. The fourth-order valence-corrected chi connectivity index (χ4v) is 5.21. The summed E-state index contributed by atoms with van der Waals surface area (Å²) in [7, 11) is 0. The Kier molecular flexibility index (Phi) is 11.2. The summed E-state index contributed by atoms with van der Waals surface area (Å²) < 4.78 is 0. The predicted molar refractivity (Wildman–Crippen MR) is 142 cm³/mol. The van der Waals surface area contributed by atoms with E-state index in [1.165, 1.54) is 74.1 Å². The molecule has 0 amide bonds. The minimum absolute atomic E-state index is 0.600. The smallest absolute Gasteiger partial charge is 0.123 e. The van der Waals surface area contributed by atoms with Crippen LogP contribution in [0, 0.1) is 5.92 Å². The van der Waals surface area contributed by atoms with Gasteiger partial charge in [0.1, 0.15) is 6.23 Å². The van der Waals surface area contributed by atoms with E-state index >= 15 is 0 Å². The van der Waals surface area contributed by atoms with Crippen LogP contribution in [-0.4, -0.2) is 17.9 Å². The van der Waals surface area contributed by atoms with E-state index in [0.717, 1.165) is 44.1 Å². The molecule has 1 atom stereocenters. The lowest BCUT2D eigenvalue weighted by molar-refractivity contribution is 0.185. The van der Waals surface area contributed by atoms with Gasteiger partial charge in [0.15, 0.2) is 0 Å². The van der Waals surface area contributed by atoms with Gasteiger partial charge in [-0.2, -0.15) is 0 Å². The van der Waals surface area contributed by atoms with Crippen LogP contribution < -0.4 is 5.32 Å². The van der Waals surface area contributed by atoms with E-state index in [4.69, 9.17) is 0 Å². The second kappa shape index (κ2) is 14.4. The molecule has 1 fully saturated rings. The highest BCUT2D eigenvalue weighted by atomic mass is 16.3. The summed E-state index contributed by atoms with van der Waals surface area (Å²) in [6, 6.07) is 18.6. The van der Waals surface area contributed by atoms with Crippen molar-refractivity contribution in [2.24, 2.45) is 5.92 Å². The number of unbranched alkanes of at least 4 members (excludes halogenated alkanes) is 2. The van der Waals surface area contributed by atoms with Crippen LogP contribution in [0.15, 0.2) is 61.2 Å². The van der Waals surface area contributed by atoms with Crippen LogP contribution in [0.25, 0.3) is 0 Å². The molecule has 33 heavy (non-hydrogen) atoms. The first-order valence-corrected chi connectivity index (χ1v) is 13.4. The van der Waals surface area contributed by atoms with Crippen molar-refractivity contribution < 1.29 is 5.11 Å². The minimum atomic E-state index is -0.600. The molecular weight excluding hydrogens is 402 g/mol. The maximum absolute atomic E-state index is 9.44. The fourth-order valence-electron chi connectivity index (χ4n) is 5.21. The molecule has 2 N–H and O–H groups in total. The average molecular weight is 448 g/mol. The third-order valence-electron chi connectivity index (χ3n) is 7.46. The number of rotatable bonds is 14. The molecule has 0 spiro atoms. The van der Waals surface area contributed by atoms with E-state index in [1.807, 2.05) is 0 Å². The Labute approximate surface area is 202 Å². The highest BCUT2D eigenvalue weighted by Gasteiger charge is 2.21. The van der Waals surface area contributed by atoms with Gasteiger partial charge in [-0.3, -0.25) is 5.32 Å². The van der Waals surface area contributed by atoms with Crippen LogP contribution in [0.1, 0.15) is 92.9 Å². The summed E-state index contributed by atoms with van der Waals surface area (Å²) >= 11 is 0. The Hall–Kier alpha value is -1.90. The largest absolute Gasteiger partial charge is 0.375 e. The molecule has 0 radical (unpaired) electrons. The minimum Gasteiger partial charge on any atom is -0.375 e. The summed E-state index contributed by atoms with van der Waals surface area (Å²) in [5.74, 6) is 1.77. The SMILES string of the molecule is C=CC(O)NCCCc1ccc(CCc2ccc(C3CCC(CCCCC)CC3)cc2)cc1. The monoisotopic (exact) mass is 447 g/mol. The Balaban J connectivity index is 1.37. The van der Waals surface area contributed by atoms with Gasteiger partial charge >= 0.3 is 0 Å². The van der Waals surface area contributed by atoms with Crippen LogP contribution in [0.4, 0.5) is 0 Å². The first-order chi connectivity index (χ1) is 16.2. The second-order valence-electron chi connectivity index (χ2n) is 10.0. The number of nitrogens with one attached hydrogen (secondary N) is 1. The molecular formula is C31H45NO. The van der Waals surface area contributed by atoms with Crippen molar-refractivity contribution in [2.75, 3.05) is 6.54 Å². The third kappa shape index (κ3) is 9.10. The molecule has 1 aliphatic rings. The summed E-state index contributed by atoms with van der Waals surface area (Å²) in [4.78, 5) is 0. The molecule has 2 aromatic carbocycles. The summed E-state index contributed by atoms with van der Waals surface area (Å²) in [6.45, 7) is 6.67. The molecule has 0 saturated heterocycles. The number of benzene rings is 2. The number of aryl methyl sites for hydroxylation is 3. The van der Waals surface area contributed by atoms with E-state index < -0.39 is 6.23 Å². The summed E-state index contributed by atoms with van der Waals surface area (Å²) in [5, 5.41) is 12.5. The van der Waals surface area contributed by atoms with Gasteiger partial charge in [-0.1, -0.05) is 87.7 Å². The molecule has 0 aromatic heterocycles. The lowest BCUT2D eigenvalue weighted by atomic mass is 9.77. The average Bonchev–Trinajstić information content (AvgIpc) is 2.87. The van der Waals surface area contributed by atoms with E-state index in [0.29, 0.717) is 0 Å². The highest BCUT2D eigenvalue weighted by molar-refractivity contribution is 5.28. The zero-order valence-corrected chi connectivity index (χ0v) is 20.8. The molecule has 1 saturated carbocycles. The van der Waals surface area contributed by atoms with E-state index in [-0.39, 0.29) is 0 Å². The zero-order valence-electron chi connectivity index (χ0n) is 20.8. The second-order valence-corrected chi connectivity index (χ2v) is 10.0. The van der Waals surface area contributed by atoms with Gasteiger partial charge in [-0.15, -0.1) is 0 Å². The molecule has 1 unspecified atom stereocenters. The molecule has 0 bridgehead atoms.